The molecule has 0 spiro atoms. The fourth-order valence-electron chi connectivity index (χ4n) is 2.85. The van der Waals surface area contributed by atoms with Crippen molar-refractivity contribution >= 4 is 5.78 Å². The van der Waals surface area contributed by atoms with Gasteiger partial charge in [-0.3, -0.25) is 9.69 Å². The maximum absolute atomic E-state index is 11.5. The SMILES string of the molecule is CC1CN(C2CC(=O)CCC2(C)C)C1. The van der Waals surface area contributed by atoms with Crippen LogP contribution >= 0.6 is 0 Å². The molecule has 1 unspecified atom stereocenters. The van der Waals surface area contributed by atoms with E-state index < -0.39 is 0 Å². The molecule has 2 fully saturated rings. The fourth-order valence-corrected chi connectivity index (χ4v) is 2.85. The van der Waals surface area contributed by atoms with Crippen LogP contribution in [-0.2, 0) is 4.79 Å². The molecule has 0 aromatic rings. The van der Waals surface area contributed by atoms with E-state index in [1.807, 2.05) is 0 Å². The van der Waals surface area contributed by atoms with Gasteiger partial charge in [0.25, 0.3) is 0 Å². The van der Waals surface area contributed by atoms with Crippen LogP contribution in [0, 0.1) is 11.3 Å². The molecule has 2 rings (SSSR count). The monoisotopic (exact) mass is 195 g/mol. The van der Waals surface area contributed by atoms with Crippen LogP contribution in [0.1, 0.15) is 40.0 Å². The third kappa shape index (κ3) is 1.72. The van der Waals surface area contributed by atoms with Crippen LogP contribution in [0.5, 0.6) is 0 Å². The van der Waals surface area contributed by atoms with Crippen molar-refractivity contribution < 1.29 is 4.79 Å². The lowest BCUT2D eigenvalue weighted by atomic mass is 9.71. The first-order chi connectivity index (χ1) is 6.49. The Morgan fingerprint density at radius 2 is 2.00 bits per heavy atom. The molecule has 2 nitrogen and oxygen atoms in total. The smallest absolute Gasteiger partial charge is 0.134 e. The zero-order chi connectivity index (χ0) is 10.3. The van der Waals surface area contributed by atoms with Crippen LogP contribution in [0.3, 0.4) is 0 Å². The molecule has 1 aliphatic carbocycles. The van der Waals surface area contributed by atoms with Gasteiger partial charge in [0.1, 0.15) is 5.78 Å². The second kappa shape index (κ2) is 3.34. The van der Waals surface area contributed by atoms with Crippen LogP contribution < -0.4 is 0 Å². The lowest BCUT2D eigenvalue weighted by molar-refractivity contribution is -0.127. The number of likely N-dealkylation sites (tertiary alicyclic amines) is 1. The molecule has 0 radical (unpaired) electrons. The van der Waals surface area contributed by atoms with E-state index in [0.717, 1.165) is 25.2 Å². The summed E-state index contributed by atoms with van der Waals surface area (Å²) in [6.45, 7) is 9.30. The minimum atomic E-state index is 0.341. The van der Waals surface area contributed by atoms with Crippen LogP contribution in [0.15, 0.2) is 0 Å². The molecular formula is C12H21NO. The molecule has 14 heavy (non-hydrogen) atoms. The average molecular weight is 195 g/mol. The molecule has 0 aromatic heterocycles. The summed E-state index contributed by atoms with van der Waals surface area (Å²) in [7, 11) is 0. The van der Waals surface area contributed by atoms with E-state index in [0.29, 0.717) is 17.2 Å². The molecule has 1 saturated carbocycles. The van der Waals surface area contributed by atoms with Gasteiger partial charge in [0.15, 0.2) is 0 Å². The molecule has 0 bridgehead atoms. The third-order valence-electron chi connectivity index (χ3n) is 3.90. The lowest BCUT2D eigenvalue weighted by Crippen LogP contribution is -2.57. The van der Waals surface area contributed by atoms with Crippen molar-refractivity contribution in [1.82, 2.24) is 4.90 Å². The number of nitrogens with zero attached hydrogens (tertiary/aromatic N) is 1. The first-order valence-corrected chi connectivity index (χ1v) is 5.75. The summed E-state index contributed by atoms with van der Waals surface area (Å²) in [6.07, 6.45) is 2.66. The Morgan fingerprint density at radius 1 is 1.36 bits per heavy atom. The Labute approximate surface area is 86.7 Å². The molecule has 2 heteroatoms. The van der Waals surface area contributed by atoms with E-state index in [1.165, 1.54) is 13.1 Å². The van der Waals surface area contributed by atoms with Crippen molar-refractivity contribution in [3.05, 3.63) is 0 Å². The van der Waals surface area contributed by atoms with E-state index in [-0.39, 0.29) is 0 Å². The maximum atomic E-state index is 11.5. The van der Waals surface area contributed by atoms with Crippen molar-refractivity contribution in [1.29, 1.82) is 0 Å². The normalized spacial score (nSPS) is 34.2. The van der Waals surface area contributed by atoms with Crippen molar-refractivity contribution in [2.45, 2.75) is 46.1 Å². The van der Waals surface area contributed by atoms with Gasteiger partial charge in [0.2, 0.25) is 0 Å². The zero-order valence-corrected chi connectivity index (χ0v) is 9.55. The number of rotatable bonds is 1. The minimum Gasteiger partial charge on any atom is -0.300 e. The Hall–Kier alpha value is -0.370. The molecule has 1 aliphatic heterocycles. The predicted molar refractivity (Wildman–Crippen MR) is 57.2 cm³/mol. The highest BCUT2D eigenvalue weighted by molar-refractivity contribution is 5.80. The largest absolute Gasteiger partial charge is 0.300 e. The Balaban J connectivity index is 2.03. The number of carbonyl (C=O) groups excluding carboxylic acids is 1. The van der Waals surface area contributed by atoms with Crippen molar-refractivity contribution in [3.8, 4) is 0 Å². The van der Waals surface area contributed by atoms with Crippen LogP contribution in [0.4, 0.5) is 0 Å². The van der Waals surface area contributed by atoms with Crippen molar-refractivity contribution in [2.75, 3.05) is 13.1 Å². The second-order valence-corrected chi connectivity index (χ2v) is 5.81. The number of carbonyl (C=O) groups is 1. The summed E-state index contributed by atoms with van der Waals surface area (Å²) in [5.41, 5.74) is 0.341. The van der Waals surface area contributed by atoms with Gasteiger partial charge in [-0.1, -0.05) is 20.8 Å². The first-order valence-electron chi connectivity index (χ1n) is 5.75. The maximum Gasteiger partial charge on any atom is 0.134 e. The summed E-state index contributed by atoms with van der Waals surface area (Å²) >= 11 is 0. The molecule has 1 heterocycles. The number of hydrogen-bond donors (Lipinski definition) is 0. The van der Waals surface area contributed by atoms with Gasteiger partial charge in [0, 0.05) is 32.0 Å². The highest BCUT2D eigenvalue weighted by Crippen LogP contribution is 2.39. The number of ketones is 1. The highest BCUT2D eigenvalue weighted by atomic mass is 16.1. The minimum absolute atomic E-state index is 0.341. The Bertz CT molecular complexity index is 241. The summed E-state index contributed by atoms with van der Waals surface area (Å²) in [5, 5.41) is 0. The summed E-state index contributed by atoms with van der Waals surface area (Å²) in [4.78, 5) is 14.0. The molecule has 0 amide bonds. The van der Waals surface area contributed by atoms with Gasteiger partial charge in [0.05, 0.1) is 0 Å². The van der Waals surface area contributed by atoms with E-state index >= 15 is 0 Å². The Kier molecular flexibility index (Phi) is 2.42. The van der Waals surface area contributed by atoms with Gasteiger partial charge in [-0.05, 0) is 17.8 Å². The topological polar surface area (TPSA) is 20.3 Å². The standard InChI is InChI=1S/C12H21NO/c1-9-7-13(8-9)11-6-10(14)4-5-12(11,2)3/h9,11H,4-8H2,1-3H3. The van der Waals surface area contributed by atoms with Gasteiger partial charge >= 0.3 is 0 Å². The number of hydrogen-bond acceptors (Lipinski definition) is 2. The summed E-state index contributed by atoms with van der Waals surface area (Å²) in [6, 6.07) is 0.514. The zero-order valence-electron chi connectivity index (χ0n) is 9.55. The van der Waals surface area contributed by atoms with Crippen molar-refractivity contribution in [3.63, 3.8) is 0 Å². The summed E-state index contributed by atoms with van der Waals surface area (Å²) < 4.78 is 0. The van der Waals surface area contributed by atoms with E-state index in [1.54, 1.807) is 0 Å². The third-order valence-corrected chi connectivity index (χ3v) is 3.90. The van der Waals surface area contributed by atoms with E-state index in [4.69, 9.17) is 0 Å². The van der Waals surface area contributed by atoms with Gasteiger partial charge in [-0.25, -0.2) is 0 Å². The molecule has 0 aromatic carbocycles. The lowest BCUT2D eigenvalue weighted by Gasteiger charge is -2.51. The van der Waals surface area contributed by atoms with Crippen LogP contribution in [0.25, 0.3) is 0 Å². The highest BCUT2D eigenvalue weighted by Gasteiger charge is 2.42. The van der Waals surface area contributed by atoms with E-state index in [2.05, 4.69) is 25.7 Å². The molecule has 2 aliphatic rings. The van der Waals surface area contributed by atoms with Crippen LogP contribution in [-0.4, -0.2) is 29.8 Å². The number of Topliss-reactive ketones (excluding diaryl/α,β-unsaturated/α-hetero) is 1. The Morgan fingerprint density at radius 3 is 2.57 bits per heavy atom. The predicted octanol–water partition coefficient (Wildman–Crippen LogP) is 2.09. The van der Waals surface area contributed by atoms with Gasteiger partial charge < -0.3 is 0 Å². The van der Waals surface area contributed by atoms with Gasteiger partial charge in [-0.15, -0.1) is 0 Å². The molecule has 1 saturated heterocycles. The molecule has 80 valence electrons. The molecule has 0 N–H and O–H groups in total. The fraction of sp³-hybridized carbons (Fsp3) is 0.917. The first kappa shape index (κ1) is 10.2. The summed E-state index contributed by atoms with van der Waals surface area (Å²) in [5.74, 6) is 1.30. The molecular weight excluding hydrogens is 174 g/mol. The van der Waals surface area contributed by atoms with Crippen molar-refractivity contribution in [2.24, 2.45) is 11.3 Å². The van der Waals surface area contributed by atoms with Crippen LogP contribution in [0.2, 0.25) is 0 Å². The quantitative estimate of drug-likeness (QED) is 0.638. The average Bonchev–Trinajstić information content (AvgIpc) is 2.04. The second-order valence-electron chi connectivity index (χ2n) is 5.81. The molecule has 1 atom stereocenters. The van der Waals surface area contributed by atoms with E-state index in [9.17, 15) is 4.79 Å². The van der Waals surface area contributed by atoms with Gasteiger partial charge in [-0.2, -0.15) is 0 Å².